The van der Waals surface area contributed by atoms with Crippen molar-refractivity contribution < 1.29 is 31.1 Å². The van der Waals surface area contributed by atoms with E-state index < -0.39 is 18.7 Å². The molecule has 22 heavy (non-hydrogen) atoms. The van der Waals surface area contributed by atoms with Crippen LogP contribution >= 0.6 is 0 Å². The van der Waals surface area contributed by atoms with Crippen LogP contribution in [0, 0.1) is 5.82 Å². The fraction of sp³-hybridized carbons (Fsp3) is 0.600. The van der Waals surface area contributed by atoms with Crippen LogP contribution in [-0.2, 0) is 4.74 Å². The molecule has 0 heterocycles. The van der Waals surface area contributed by atoms with E-state index in [4.69, 9.17) is 0 Å². The van der Waals surface area contributed by atoms with Crippen LogP contribution in [0.25, 0.3) is 0 Å². The molecular weight excluding hydrogens is 310 g/mol. The van der Waals surface area contributed by atoms with E-state index in [1.165, 1.54) is 12.1 Å². The topological polar surface area (TPSA) is 9.23 Å². The predicted octanol–water partition coefficient (Wildman–Crippen LogP) is 5.61. The van der Waals surface area contributed by atoms with Gasteiger partial charge in [0.25, 0.3) is 6.36 Å². The molecule has 0 saturated heterocycles. The number of hydrogen-bond donors (Lipinski definition) is 0. The van der Waals surface area contributed by atoms with E-state index in [9.17, 15) is 26.3 Å². The van der Waals surface area contributed by atoms with Gasteiger partial charge in [-0.3, -0.25) is 0 Å². The summed E-state index contributed by atoms with van der Waals surface area (Å²) in [4.78, 5) is 0. The van der Waals surface area contributed by atoms with E-state index in [0.29, 0.717) is 12.8 Å². The van der Waals surface area contributed by atoms with Crippen molar-refractivity contribution in [1.29, 1.82) is 0 Å². The van der Waals surface area contributed by atoms with Crippen molar-refractivity contribution in [1.82, 2.24) is 0 Å². The normalized spacial score (nSPS) is 12.7. The van der Waals surface area contributed by atoms with Gasteiger partial charge in [-0.1, -0.05) is 44.4 Å². The first-order chi connectivity index (χ1) is 10.3. The molecule has 0 saturated carbocycles. The van der Waals surface area contributed by atoms with Crippen LogP contribution in [0.3, 0.4) is 0 Å². The van der Waals surface area contributed by atoms with Crippen LogP contribution < -0.4 is 0 Å². The fourth-order valence-electron chi connectivity index (χ4n) is 1.34. The Bertz CT molecular complexity index is 372. The maximum Gasteiger partial charge on any atom is 0.361 e. The molecule has 0 amide bonds. The zero-order valence-electron chi connectivity index (χ0n) is 12.3. The summed E-state index contributed by atoms with van der Waals surface area (Å²) >= 11 is 0. The SMILES string of the molecule is CCCCCCOC(F)C(F)(F)C(F)F.Fc1ccccc1. The monoisotopic (exact) mass is 330 g/mol. The number of alkyl halides is 5. The van der Waals surface area contributed by atoms with E-state index in [1.54, 1.807) is 18.2 Å². The molecule has 0 aliphatic carbocycles. The highest BCUT2D eigenvalue weighted by atomic mass is 19.3. The van der Waals surface area contributed by atoms with Gasteiger partial charge in [-0.25, -0.2) is 17.6 Å². The second-order valence-corrected chi connectivity index (χ2v) is 4.52. The zero-order chi connectivity index (χ0) is 17.0. The Labute approximate surface area is 126 Å². The third kappa shape index (κ3) is 8.92. The molecule has 0 aromatic heterocycles. The van der Waals surface area contributed by atoms with E-state index in [-0.39, 0.29) is 12.4 Å². The summed E-state index contributed by atoms with van der Waals surface area (Å²) < 4.78 is 76.2. The average molecular weight is 330 g/mol. The molecule has 1 aromatic carbocycles. The molecule has 0 spiro atoms. The first-order valence-corrected chi connectivity index (χ1v) is 6.94. The number of unbranched alkanes of at least 4 members (excludes halogenated alkanes) is 3. The van der Waals surface area contributed by atoms with E-state index in [2.05, 4.69) is 4.74 Å². The van der Waals surface area contributed by atoms with Crippen LogP contribution in [0.2, 0.25) is 0 Å². The van der Waals surface area contributed by atoms with Gasteiger partial charge in [0, 0.05) is 0 Å². The van der Waals surface area contributed by atoms with Crippen LogP contribution in [-0.4, -0.2) is 25.3 Å². The molecular formula is C15H20F6O. The Hall–Kier alpha value is -1.24. The maximum absolute atomic E-state index is 12.5. The Morgan fingerprint density at radius 2 is 1.59 bits per heavy atom. The Balaban J connectivity index is 0.000000518. The van der Waals surface area contributed by atoms with Crippen LogP contribution in [0.1, 0.15) is 32.6 Å². The Morgan fingerprint density at radius 3 is 2.00 bits per heavy atom. The van der Waals surface area contributed by atoms with Crippen LogP contribution in [0.4, 0.5) is 26.3 Å². The molecule has 1 atom stereocenters. The standard InChI is InChI=1S/C9H15F5O.C6H5F/c1-2-3-4-5-6-15-8(12)9(13,14)7(10)11;7-6-4-2-1-3-5-6/h7-8H,2-6H2,1H3;1-5H. The predicted molar refractivity (Wildman–Crippen MR) is 72.3 cm³/mol. The lowest BCUT2D eigenvalue weighted by molar-refractivity contribution is -0.248. The van der Waals surface area contributed by atoms with Crippen molar-refractivity contribution in [2.75, 3.05) is 6.61 Å². The van der Waals surface area contributed by atoms with Gasteiger partial charge in [-0.05, 0) is 18.6 Å². The number of rotatable bonds is 8. The molecule has 1 unspecified atom stereocenters. The van der Waals surface area contributed by atoms with Gasteiger partial charge >= 0.3 is 12.3 Å². The van der Waals surface area contributed by atoms with Crippen molar-refractivity contribution in [2.24, 2.45) is 0 Å². The highest BCUT2D eigenvalue weighted by Gasteiger charge is 2.50. The first-order valence-electron chi connectivity index (χ1n) is 6.94. The lowest BCUT2D eigenvalue weighted by atomic mass is 10.2. The molecule has 1 rings (SSSR count). The Morgan fingerprint density at radius 1 is 1.00 bits per heavy atom. The van der Waals surface area contributed by atoms with Crippen LogP contribution in [0.5, 0.6) is 0 Å². The summed E-state index contributed by atoms with van der Waals surface area (Å²) in [6, 6.07) is 7.94. The van der Waals surface area contributed by atoms with E-state index in [0.717, 1.165) is 12.8 Å². The largest absolute Gasteiger partial charge is 0.361 e. The van der Waals surface area contributed by atoms with Crippen molar-refractivity contribution in [2.45, 2.75) is 51.3 Å². The Kier molecular flexibility index (Phi) is 10.7. The smallest absolute Gasteiger partial charge is 0.343 e. The summed E-state index contributed by atoms with van der Waals surface area (Å²) in [6.07, 6.45) is -4.34. The van der Waals surface area contributed by atoms with Crippen molar-refractivity contribution >= 4 is 0 Å². The summed E-state index contributed by atoms with van der Waals surface area (Å²) in [5, 5.41) is 0. The molecule has 1 aromatic rings. The van der Waals surface area contributed by atoms with Gasteiger partial charge in [-0.15, -0.1) is 0 Å². The molecule has 0 bridgehead atoms. The average Bonchev–Trinajstić information content (AvgIpc) is 2.48. The van der Waals surface area contributed by atoms with Gasteiger partial charge in [0.05, 0.1) is 6.61 Å². The maximum atomic E-state index is 12.5. The lowest BCUT2D eigenvalue weighted by Gasteiger charge is -2.19. The minimum absolute atomic E-state index is 0.178. The molecule has 7 heteroatoms. The van der Waals surface area contributed by atoms with Crippen molar-refractivity contribution in [3.05, 3.63) is 36.1 Å². The number of benzene rings is 1. The van der Waals surface area contributed by atoms with Gasteiger partial charge < -0.3 is 4.74 Å². The second-order valence-electron chi connectivity index (χ2n) is 4.52. The number of hydrogen-bond acceptors (Lipinski definition) is 1. The highest BCUT2D eigenvalue weighted by Crippen LogP contribution is 2.29. The summed E-state index contributed by atoms with van der Waals surface area (Å²) in [6.45, 7) is 1.69. The summed E-state index contributed by atoms with van der Waals surface area (Å²) in [5.74, 6) is -4.90. The molecule has 0 fully saturated rings. The third-order valence-electron chi connectivity index (χ3n) is 2.59. The highest BCUT2D eigenvalue weighted by molar-refractivity contribution is 5.02. The third-order valence-corrected chi connectivity index (χ3v) is 2.59. The number of halogens is 6. The minimum atomic E-state index is -4.72. The summed E-state index contributed by atoms with van der Waals surface area (Å²) in [7, 11) is 0. The molecule has 0 N–H and O–H groups in total. The zero-order valence-corrected chi connectivity index (χ0v) is 12.3. The second kappa shape index (κ2) is 11.3. The summed E-state index contributed by atoms with van der Waals surface area (Å²) in [5.41, 5.74) is 0. The first kappa shape index (κ1) is 20.8. The number of ether oxygens (including phenoxy) is 1. The molecule has 0 aliphatic rings. The fourth-order valence-corrected chi connectivity index (χ4v) is 1.34. The van der Waals surface area contributed by atoms with Crippen molar-refractivity contribution in [3.8, 4) is 0 Å². The quantitative estimate of drug-likeness (QED) is 0.445. The van der Waals surface area contributed by atoms with Gasteiger partial charge in [-0.2, -0.15) is 8.78 Å². The molecule has 1 nitrogen and oxygen atoms in total. The molecule has 0 radical (unpaired) electrons. The van der Waals surface area contributed by atoms with Crippen molar-refractivity contribution in [3.63, 3.8) is 0 Å². The van der Waals surface area contributed by atoms with E-state index >= 15 is 0 Å². The molecule has 0 aliphatic heterocycles. The lowest BCUT2D eigenvalue weighted by Crippen LogP contribution is -2.39. The van der Waals surface area contributed by atoms with Gasteiger partial charge in [0.2, 0.25) is 0 Å². The van der Waals surface area contributed by atoms with Gasteiger partial charge in [0.15, 0.2) is 0 Å². The van der Waals surface area contributed by atoms with E-state index in [1.807, 2.05) is 6.92 Å². The minimum Gasteiger partial charge on any atom is -0.343 e. The molecule has 128 valence electrons. The van der Waals surface area contributed by atoms with Gasteiger partial charge in [0.1, 0.15) is 5.82 Å². The van der Waals surface area contributed by atoms with Crippen LogP contribution in [0.15, 0.2) is 30.3 Å².